The minimum absolute atomic E-state index is 0.0177. The van der Waals surface area contributed by atoms with Crippen molar-refractivity contribution in [3.8, 4) is 5.75 Å². The quantitative estimate of drug-likeness (QED) is 0.562. The summed E-state index contributed by atoms with van der Waals surface area (Å²) in [6, 6.07) is 16.4. The van der Waals surface area contributed by atoms with E-state index in [0.29, 0.717) is 16.9 Å². The maximum Gasteiger partial charge on any atom is 0.244 e. The van der Waals surface area contributed by atoms with Crippen LogP contribution < -0.4 is 10.1 Å². The first-order chi connectivity index (χ1) is 15.6. The van der Waals surface area contributed by atoms with E-state index in [1.54, 1.807) is 13.2 Å². The van der Waals surface area contributed by atoms with Gasteiger partial charge in [0.1, 0.15) is 5.75 Å². The molecule has 4 nitrogen and oxygen atoms in total. The fourth-order valence-electron chi connectivity index (χ4n) is 5.09. The van der Waals surface area contributed by atoms with E-state index in [4.69, 9.17) is 16.3 Å². The Morgan fingerprint density at radius 1 is 1.12 bits per heavy atom. The van der Waals surface area contributed by atoms with Gasteiger partial charge in [0.2, 0.25) is 5.91 Å². The van der Waals surface area contributed by atoms with Crippen LogP contribution in [0.2, 0.25) is 5.02 Å². The summed E-state index contributed by atoms with van der Waals surface area (Å²) in [5.41, 5.74) is 2.37. The summed E-state index contributed by atoms with van der Waals surface area (Å²) in [6.07, 6.45) is 9.21. The van der Waals surface area contributed by atoms with Gasteiger partial charge in [-0.15, -0.1) is 0 Å². The van der Waals surface area contributed by atoms with E-state index in [1.807, 2.05) is 30.3 Å². The second-order valence-electron chi connectivity index (χ2n) is 9.12. The molecule has 170 valence electrons. The lowest BCUT2D eigenvalue weighted by atomic mass is 9.89. The van der Waals surface area contributed by atoms with Gasteiger partial charge in [-0.05, 0) is 98.5 Å². The molecular weight excluding hydrogens is 420 g/mol. The van der Waals surface area contributed by atoms with Crippen LogP contribution in [-0.4, -0.2) is 43.6 Å². The number of likely N-dealkylation sites (tertiary alicyclic amines) is 1. The summed E-state index contributed by atoms with van der Waals surface area (Å²) in [7, 11) is 1.71. The van der Waals surface area contributed by atoms with Crippen LogP contribution >= 0.6 is 11.6 Å². The van der Waals surface area contributed by atoms with Crippen molar-refractivity contribution in [1.82, 2.24) is 10.2 Å². The maximum absolute atomic E-state index is 12.3. The summed E-state index contributed by atoms with van der Waals surface area (Å²) in [6.45, 7) is 3.47. The third kappa shape index (κ3) is 6.36. The number of hydrogen-bond donors (Lipinski definition) is 1. The maximum atomic E-state index is 12.3. The van der Waals surface area contributed by atoms with Gasteiger partial charge >= 0.3 is 0 Å². The molecule has 2 fully saturated rings. The fraction of sp³-hybridized carbons (Fsp3) is 0.444. The standard InChI is InChI=1S/C27H33ClN2O2/c1-32-26-10-7-22(8-11-26)23-13-15-30(16-14-23)19-21-5-9-25(18-21)29-27(31)12-6-20-3-2-4-24(28)17-20/h2-4,6-8,10-12,17,21,23,25H,5,9,13-16,18-19H2,1H3,(H,29,31)/b12-6+/t21-,25+/m0/s1. The summed E-state index contributed by atoms with van der Waals surface area (Å²) in [5, 5.41) is 3.86. The number of nitrogens with zero attached hydrogens (tertiary/aromatic N) is 1. The lowest BCUT2D eigenvalue weighted by Gasteiger charge is -2.33. The molecule has 2 aliphatic rings. The number of halogens is 1. The number of carbonyl (C=O) groups is 1. The monoisotopic (exact) mass is 452 g/mol. The summed E-state index contributed by atoms with van der Waals surface area (Å²) >= 11 is 6.00. The molecule has 2 aromatic carbocycles. The molecule has 0 bridgehead atoms. The largest absolute Gasteiger partial charge is 0.497 e. The van der Waals surface area contributed by atoms with E-state index in [0.717, 1.165) is 43.8 Å². The molecule has 4 rings (SSSR count). The number of nitrogens with one attached hydrogen (secondary N) is 1. The molecule has 0 unspecified atom stereocenters. The van der Waals surface area contributed by atoms with Crippen LogP contribution in [0.15, 0.2) is 54.6 Å². The van der Waals surface area contributed by atoms with Crippen LogP contribution in [0, 0.1) is 5.92 Å². The molecule has 2 atom stereocenters. The lowest BCUT2D eigenvalue weighted by Crippen LogP contribution is -2.37. The molecular formula is C27H33ClN2O2. The molecule has 0 spiro atoms. The summed E-state index contributed by atoms with van der Waals surface area (Å²) in [4.78, 5) is 14.9. The van der Waals surface area contributed by atoms with Gasteiger partial charge in [-0.3, -0.25) is 4.79 Å². The molecule has 0 radical (unpaired) electrons. The van der Waals surface area contributed by atoms with E-state index >= 15 is 0 Å². The lowest BCUT2D eigenvalue weighted by molar-refractivity contribution is -0.117. The third-order valence-corrected chi connectivity index (χ3v) is 7.09. The molecule has 1 saturated carbocycles. The predicted octanol–water partition coefficient (Wildman–Crippen LogP) is 5.53. The molecule has 0 aromatic heterocycles. The van der Waals surface area contributed by atoms with Crippen LogP contribution in [0.4, 0.5) is 0 Å². The molecule has 1 amide bonds. The molecule has 1 heterocycles. The Hall–Kier alpha value is -2.30. The fourth-order valence-corrected chi connectivity index (χ4v) is 5.29. The van der Waals surface area contributed by atoms with Crippen molar-refractivity contribution in [2.24, 2.45) is 5.92 Å². The minimum atomic E-state index is -0.0177. The number of methoxy groups -OCH3 is 1. The highest BCUT2D eigenvalue weighted by Crippen LogP contribution is 2.32. The Morgan fingerprint density at radius 2 is 1.91 bits per heavy atom. The van der Waals surface area contributed by atoms with Gasteiger partial charge in [0, 0.05) is 23.7 Å². The van der Waals surface area contributed by atoms with E-state index in [1.165, 1.54) is 24.8 Å². The van der Waals surface area contributed by atoms with Gasteiger partial charge < -0.3 is 15.0 Å². The zero-order valence-corrected chi connectivity index (χ0v) is 19.6. The number of rotatable bonds is 7. The van der Waals surface area contributed by atoms with Crippen molar-refractivity contribution in [2.45, 2.75) is 44.1 Å². The second kappa shape index (κ2) is 11.0. The smallest absolute Gasteiger partial charge is 0.244 e. The molecule has 1 aliphatic heterocycles. The van der Waals surface area contributed by atoms with E-state index in [-0.39, 0.29) is 11.9 Å². The van der Waals surface area contributed by atoms with Crippen LogP contribution in [0.25, 0.3) is 6.08 Å². The van der Waals surface area contributed by atoms with Crippen LogP contribution in [-0.2, 0) is 4.79 Å². The van der Waals surface area contributed by atoms with Gasteiger partial charge in [0.05, 0.1) is 7.11 Å². The van der Waals surface area contributed by atoms with Crippen molar-refractivity contribution in [3.05, 3.63) is 70.8 Å². The van der Waals surface area contributed by atoms with Gasteiger partial charge in [0.15, 0.2) is 0 Å². The predicted molar refractivity (Wildman–Crippen MR) is 131 cm³/mol. The van der Waals surface area contributed by atoms with Gasteiger partial charge in [-0.1, -0.05) is 35.9 Å². The van der Waals surface area contributed by atoms with Crippen LogP contribution in [0.1, 0.15) is 49.1 Å². The first kappa shape index (κ1) is 22.9. The molecule has 1 saturated heterocycles. The molecule has 1 aliphatic carbocycles. The average molecular weight is 453 g/mol. The van der Waals surface area contributed by atoms with E-state index in [2.05, 4.69) is 34.5 Å². The Morgan fingerprint density at radius 3 is 2.62 bits per heavy atom. The summed E-state index contributed by atoms with van der Waals surface area (Å²) in [5.74, 6) is 2.23. The van der Waals surface area contributed by atoms with Crippen LogP contribution in [0.3, 0.4) is 0 Å². The molecule has 1 N–H and O–H groups in total. The van der Waals surface area contributed by atoms with Crippen molar-refractivity contribution < 1.29 is 9.53 Å². The molecule has 5 heteroatoms. The SMILES string of the molecule is COc1ccc(C2CCN(C[C@H]3CC[C@@H](NC(=O)/C=C/c4cccc(Cl)c4)C3)CC2)cc1. The first-order valence-corrected chi connectivity index (χ1v) is 12.1. The second-order valence-corrected chi connectivity index (χ2v) is 9.56. The van der Waals surface area contributed by atoms with Crippen molar-refractivity contribution in [3.63, 3.8) is 0 Å². The highest BCUT2D eigenvalue weighted by molar-refractivity contribution is 6.30. The van der Waals surface area contributed by atoms with Crippen LogP contribution in [0.5, 0.6) is 5.75 Å². The Balaban J connectivity index is 1.18. The highest BCUT2D eigenvalue weighted by atomic mass is 35.5. The van der Waals surface area contributed by atoms with Crippen molar-refractivity contribution in [2.75, 3.05) is 26.7 Å². The third-order valence-electron chi connectivity index (χ3n) is 6.85. The number of piperidine rings is 1. The first-order valence-electron chi connectivity index (χ1n) is 11.7. The number of ether oxygens (including phenoxy) is 1. The number of benzene rings is 2. The topological polar surface area (TPSA) is 41.6 Å². The normalized spacial score (nSPS) is 22.3. The number of hydrogen-bond acceptors (Lipinski definition) is 3. The van der Waals surface area contributed by atoms with E-state index in [9.17, 15) is 4.79 Å². The highest BCUT2D eigenvalue weighted by Gasteiger charge is 2.28. The van der Waals surface area contributed by atoms with Gasteiger partial charge in [-0.25, -0.2) is 0 Å². The average Bonchev–Trinajstić information content (AvgIpc) is 3.25. The number of carbonyl (C=O) groups excluding carboxylic acids is 1. The Kier molecular flexibility index (Phi) is 7.88. The minimum Gasteiger partial charge on any atom is -0.497 e. The Labute approximate surface area is 196 Å². The number of amides is 1. The molecule has 2 aromatic rings. The van der Waals surface area contributed by atoms with E-state index < -0.39 is 0 Å². The van der Waals surface area contributed by atoms with Gasteiger partial charge in [0.25, 0.3) is 0 Å². The van der Waals surface area contributed by atoms with Gasteiger partial charge in [-0.2, -0.15) is 0 Å². The Bertz CT molecular complexity index is 920. The van der Waals surface area contributed by atoms with Crippen molar-refractivity contribution >= 4 is 23.6 Å². The zero-order chi connectivity index (χ0) is 22.3. The summed E-state index contributed by atoms with van der Waals surface area (Å²) < 4.78 is 5.28. The molecule has 32 heavy (non-hydrogen) atoms. The zero-order valence-electron chi connectivity index (χ0n) is 18.8. The van der Waals surface area contributed by atoms with Crippen molar-refractivity contribution in [1.29, 1.82) is 0 Å².